The van der Waals surface area contributed by atoms with Crippen molar-refractivity contribution in [1.82, 2.24) is 14.8 Å². The lowest BCUT2D eigenvalue weighted by Gasteiger charge is -2.07. The largest absolute Gasteiger partial charge is 0.343 e. The van der Waals surface area contributed by atoms with Gasteiger partial charge in [0.1, 0.15) is 5.02 Å². The Kier molecular flexibility index (Phi) is 6.68. The number of nitro groups is 1. The number of hydrogen-bond donors (Lipinski definition) is 2. The molecule has 0 fully saturated rings. The monoisotopic (exact) mass is 433 g/mol. The summed E-state index contributed by atoms with van der Waals surface area (Å²) in [6.07, 6.45) is 0.647. The number of carbonyl (C=O) groups is 1. The molecule has 1 amide bonds. The molecule has 0 saturated heterocycles. The van der Waals surface area contributed by atoms with E-state index in [0.29, 0.717) is 18.1 Å². The van der Waals surface area contributed by atoms with Gasteiger partial charge in [-0.15, -0.1) is 5.10 Å². The molecule has 9 nitrogen and oxygen atoms in total. The van der Waals surface area contributed by atoms with Gasteiger partial charge in [0.05, 0.1) is 10.7 Å². The number of nitrogens with one attached hydrogen (secondary N) is 2. The zero-order valence-electron chi connectivity index (χ0n) is 15.0. The molecule has 2 N–H and O–H groups in total. The average Bonchev–Trinajstić information content (AvgIpc) is 3.06. The van der Waals surface area contributed by atoms with Crippen LogP contribution in [0.25, 0.3) is 0 Å². The summed E-state index contributed by atoms with van der Waals surface area (Å²) < 4.78 is 1.47. The molecule has 0 aliphatic carbocycles. The van der Waals surface area contributed by atoms with E-state index >= 15 is 0 Å². The molecule has 0 aliphatic heterocycles. The smallest absolute Gasteiger partial charge is 0.325 e. The van der Waals surface area contributed by atoms with E-state index in [2.05, 4.69) is 15.5 Å². The van der Waals surface area contributed by atoms with Gasteiger partial charge in [-0.05, 0) is 24.1 Å². The lowest BCUT2D eigenvalue weighted by atomic mass is 10.1. The highest BCUT2D eigenvalue weighted by atomic mass is 35.5. The Morgan fingerprint density at radius 3 is 2.76 bits per heavy atom. The number of hydrogen-bond acceptors (Lipinski definition) is 6. The van der Waals surface area contributed by atoms with Crippen molar-refractivity contribution in [3.63, 3.8) is 0 Å². The molecule has 29 heavy (non-hydrogen) atoms. The second-order valence-corrected chi connectivity index (χ2v) is 7.31. The van der Waals surface area contributed by atoms with Gasteiger partial charge in [-0.1, -0.05) is 53.7 Å². The first-order valence-corrected chi connectivity index (χ1v) is 9.86. The number of thioether (sulfide) groups is 1. The number of benzene rings is 2. The van der Waals surface area contributed by atoms with Gasteiger partial charge in [0.2, 0.25) is 5.91 Å². The molecule has 0 spiro atoms. The maximum Gasteiger partial charge on any atom is 0.343 e. The van der Waals surface area contributed by atoms with Gasteiger partial charge < -0.3 is 5.32 Å². The van der Waals surface area contributed by atoms with Crippen molar-refractivity contribution in [2.45, 2.75) is 18.1 Å². The zero-order chi connectivity index (χ0) is 20.8. The Morgan fingerprint density at radius 2 is 2.03 bits per heavy atom. The molecular formula is C18H16ClN5O4S. The first-order valence-electron chi connectivity index (χ1n) is 8.50. The number of amides is 1. The van der Waals surface area contributed by atoms with Crippen LogP contribution in [0.15, 0.2) is 58.5 Å². The van der Waals surface area contributed by atoms with Crippen LogP contribution >= 0.6 is 23.4 Å². The molecule has 2 aromatic carbocycles. The number of aryl methyl sites for hydroxylation is 1. The van der Waals surface area contributed by atoms with Crippen molar-refractivity contribution < 1.29 is 9.72 Å². The van der Waals surface area contributed by atoms with E-state index in [1.165, 1.54) is 22.8 Å². The minimum absolute atomic E-state index is 0.0127. The summed E-state index contributed by atoms with van der Waals surface area (Å²) in [4.78, 5) is 34.5. The SMILES string of the molecule is O=C(CSc1n[nH]c(=O)n1CCc1ccccc1)Nc1ccc(Cl)c([N+](=O)[O-])c1. The Labute approximate surface area is 174 Å². The van der Waals surface area contributed by atoms with E-state index in [0.717, 1.165) is 17.3 Å². The fourth-order valence-electron chi connectivity index (χ4n) is 2.55. The van der Waals surface area contributed by atoms with E-state index in [4.69, 9.17) is 11.6 Å². The lowest BCUT2D eigenvalue weighted by Crippen LogP contribution is -2.20. The number of H-pyrrole nitrogens is 1. The van der Waals surface area contributed by atoms with E-state index in [9.17, 15) is 19.7 Å². The molecule has 1 heterocycles. The highest BCUT2D eigenvalue weighted by Gasteiger charge is 2.15. The molecule has 150 valence electrons. The number of carbonyl (C=O) groups excluding carboxylic acids is 1. The Hall–Kier alpha value is -3.11. The van der Waals surface area contributed by atoms with Crippen LogP contribution in [0.2, 0.25) is 5.02 Å². The van der Waals surface area contributed by atoms with Crippen molar-refractivity contribution in [2.24, 2.45) is 0 Å². The number of anilines is 1. The molecule has 1 aromatic heterocycles. The van der Waals surface area contributed by atoms with E-state index in [-0.39, 0.29) is 27.8 Å². The van der Waals surface area contributed by atoms with Crippen LogP contribution in [0.1, 0.15) is 5.56 Å². The van der Waals surface area contributed by atoms with Crippen molar-refractivity contribution >= 4 is 40.6 Å². The first kappa shape index (κ1) is 20.6. The molecule has 0 saturated carbocycles. The first-order chi connectivity index (χ1) is 13.9. The van der Waals surface area contributed by atoms with Gasteiger partial charge in [-0.2, -0.15) is 0 Å². The fourth-order valence-corrected chi connectivity index (χ4v) is 3.51. The van der Waals surface area contributed by atoms with Crippen molar-refractivity contribution in [2.75, 3.05) is 11.1 Å². The highest BCUT2D eigenvalue weighted by Crippen LogP contribution is 2.27. The Balaban J connectivity index is 1.60. The molecule has 0 aliphatic rings. The van der Waals surface area contributed by atoms with Crippen molar-refractivity contribution in [3.05, 3.63) is 79.7 Å². The molecule has 0 atom stereocenters. The summed E-state index contributed by atoms with van der Waals surface area (Å²) in [5.74, 6) is -0.414. The Morgan fingerprint density at radius 1 is 1.28 bits per heavy atom. The lowest BCUT2D eigenvalue weighted by molar-refractivity contribution is -0.384. The predicted octanol–water partition coefficient (Wildman–Crippen LogP) is 3.11. The zero-order valence-corrected chi connectivity index (χ0v) is 16.6. The topological polar surface area (TPSA) is 123 Å². The third kappa shape index (κ3) is 5.46. The van der Waals surface area contributed by atoms with E-state index in [1.54, 1.807) is 0 Å². The number of halogens is 1. The summed E-state index contributed by atoms with van der Waals surface area (Å²) in [7, 11) is 0. The number of aromatic amines is 1. The van der Waals surface area contributed by atoms with Crippen molar-refractivity contribution in [1.29, 1.82) is 0 Å². The fraction of sp³-hybridized carbons (Fsp3) is 0.167. The minimum Gasteiger partial charge on any atom is -0.325 e. The normalized spacial score (nSPS) is 10.7. The maximum atomic E-state index is 12.2. The second-order valence-electron chi connectivity index (χ2n) is 5.96. The van der Waals surface area contributed by atoms with Crippen LogP contribution < -0.4 is 11.0 Å². The van der Waals surface area contributed by atoms with Gasteiger partial charge >= 0.3 is 5.69 Å². The number of aromatic nitrogens is 3. The minimum atomic E-state index is -0.623. The van der Waals surface area contributed by atoms with Gasteiger partial charge in [0.25, 0.3) is 5.69 Å². The third-order valence-corrected chi connectivity index (χ3v) is 5.25. The summed E-state index contributed by atoms with van der Waals surface area (Å²) in [6.45, 7) is 0.423. The van der Waals surface area contributed by atoms with Crippen LogP contribution in [0, 0.1) is 10.1 Å². The standard InChI is InChI=1S/C18H16ClN5O4S/c19-14-7-6-13(10-15(14)24(27)28)20-16(25)11-29-18-22-21-17(26)23(18)9-8-12-4-2-1-3-5-12/h1-7,10H,8-9,11H2,(H,20,25)(H,21,26). The molecule has 0 unspecified atom stereocenters. The van der Waals surface area contributed by atoms with Gasteiger partial charge in [0, 0.05) is 18.3 Å². The quantitative estimate of drug-likeness (QED) is 0.319. The van der Waals surface area contributed by atoms with Gasteiger partial charge in [0.15, 0.2) is 5.16 Å². The van der Waals surface area contributed by atoms with Crippen molar-refractivity contribution in [3.8, 4) is 0 Å². The van der Waals surface area contributed by atoms with Crippen LogP contribution in [0.5, 0.6) is 0 Å². The molecule has 11 heteroatoms. The van der Waals surface area contributed by atoms with Gasteiger partial charge in [-0.25, -0.2) is 9.89 Å². The van der Waals surface area contributed by atoms with Crippen LogP contribution in [-0.2, 0) is 17.8 Å². The van der Waals surface area contributed by atoms with E-state index < -0.39 is 10.8 Å². The molecular weight excluding hydrogens is 418 g/mol. The highest BCUT2D eigenvalue weighted by molar-refractivity contribution is 7.99. The molecule has 3 rings (SSSR count). The molecule has 0 radical (unpaired) electrons. The average molecular weight is 434 g/mol. The number of rotatable bonds is 8. The second kappa shape index (κ2) is 9.39. The van der Waals surface area contributed by atoms with Gasteiger partial charge in [-0.3, -0.25) is 19.5 Å². The molecule has 0 bridgehead atoms. The predicted molar refractivity (Wildman–Crippen MR) is 110 cm³/mol. The Bertz CT molecular complexity index is 1080. The third-order valence-electron chi connectivity index (χ3n) is 3.95. The molecule has 3 aromatic rings. The summed E-state index contributed by atoms with van der Waals surface area (Å²) >= 11 is 6.85. The van der Waals surface area contributed by atoms with E-state index in [1.807, 2.05) is 30.3 Å². The number of nitro benzene ring substituents is 1. The van der Waals surface area contributed by atoms with Crippen LogP contribution in [0.3, 0.4) is 0 Å². The number of nitrogens with zero attached hydrogens (tertiary/aromatic N) is 3. The summed E-state index contributed by atoms with van der Waals surface area (Å²) in [5, 5.41) is 20.2. The summed E-state index contributed by atoms with van der Waals surface area (Å²) in [5.41, 5.74) is 0.699. The summed E-state index contributed by atoms with van der Waals surface area (Å²) in [6, 6.07) is 13.7. The van der Waals surface area contributed by atoms with Crippen LogP contribution in [0.4, 0.5) is 11.4 Å². The van der Waals surface area contributed by atoms with Crippen LogP contribution in [-0.4, -0.2) is 31.3 Å². The maximum absolute atomic E-state index is 12.2.